The van der Waals surface area contributed by atoms with Gasteiger partial charge in [-0.05, 0) is 58.7 Å². The maximum Gasteiger partial charge on any atom is 0.337 e. The van der Waals surface area contributed by atoms with Gasteiger partial charge < -0.3 is 9.47 Å². The Morgan fingerprint density at radius 1 is 1.11 bits per heavy atom. The van der Waals surface area contributed by atoms with Crippen LogP contribution < -0.4 is 4.74 Å². The van der Waals surface area contributed by atoms with Crippen LogP contribution in [0.3, 0.4) is 0 Å². The lowest BCUT2D eigenvalue weighted by molar-refractivity contribution is 0.0600. The molecule has 0 aromatic heterocycles. The molecule has 0 radical (unpaired) electrons. The predicted octanol–water partition coefficient (Wildman–Crippen LogP) is 4.34. The third kappa shape index (κ3) is 3.15. The van der Waals surface area contributed by atoms with E-state index in [0.29, 0.717) is 11.3 Å². The highest BCUT2D eigenvalue weighted by Crippen LogP contribution is 2.32. The van der Waals surface area contributed by atoms with Crippen molar-refractivity contribution in [2.45, 2.75) is 6.92 Å². The van der Waals surface area contributed by atoms with Gasteiger partial charge in [0.1, 0.15) is 11.5 Å². The van der Waals surface area contributed by atoms with Crippen LogP contribution in [0.25, 0.3) is 0 Å². The smallest absolute Gasteiger partial charge is 0.337 e. The van der Waals surface area contributed by atoms with Crippen LogP contribution in [0.1, 0.15) is 15.9 Å². The van der Waals surface area contributed by atoms with Crippen LogP contribution in [0.5, 0.6) is 11.5 Å². The number of methoxy groups -OCH3 is 1. The van der Waals surface area contributed by atoms with Gasteiger partial charge in [-0.3, -0.25) is 0 Å². The first-order valence-electron chi connectivity index (χ1n) is 5.73. The highest BCUT2D eigenvalue weighted by atomic mass is 79.9. The molecule has 0 spiro atoms. The predicted molar refractivity (Wildman–Crippen MR) is 76.7 cm³/mol. The quantitative estimate of drug-likeness (QED) is 0.789. The molecule has 19 heavy (non-hydrogen) atoms. The third-order valence-electron chi connectivity index (χ3n) is 2.66. The number of carbonyl (C=O) groups is 1. The van der Waals surface area contributed by atoms with E-state index in [0.717, 1.165) is 15.8 Å². The van der Waals surface area contributed by atoms with Crippen LogP contribution in [0, 0.1) is 6.92 Å². The van der Waals surface area contributed by atoms with Crippen molar-refractivity contribution in [2.24, 2.45) is 0 Å². The first-order valence-corrected chi connectivity index (χ1v) is 6.52. The standard InChI is InChI=1S/C15H13BrO3/c1-10-4-3-5-13(16)14(10)19-12-8-6-11(7-9-12)15(17)18-2/h3-9H,1-2H3. The molecule has 2 rings (SSSR count). The zero-order valence-electron chi connectivity index (χ0n) is 10.6. The topological polar surface area (TPSA) is 35.5 Å². The molecule has 2 aromatic carbocycles. The number of halogens is 1. The van der Waals surface area contributed by atoms with Gasteiger partial charge in [-0.1, -0.05) is 12.1 Å². The van der Waals surface area contributed by atoms with Gasteiger partial charge in [0.2, 0.25) is 0 Å². The van der Waals surface area contributed by atoms with Crippen molar-refractivity contribution in [3.05, 3.63) is 58.1 Å². The summed E-state index contributed by atoms with van der Waals surface area (Å²) in [4.78, 5) is 11.3. The first-order chi connectivity index (χ1) is 9.11. The van der Waals surface area contributed by atoms with Crippen LogP contribution in [-0.4, -0.2) is 13.1 Å². The van der Waals surface area contributed by atoms with Gasteiger partial charge in [-0.15, -0.1) is 0 Å². The molecular formula is C15H13BrO3. The molecule has 0 aliphatic rings. The van der Waals surface area contributed by atoms with E-state index in [4.69, 9.17) is 4.74 Å². The number of hydrogen-bond donors (Lipinski definition) is 0. The number of aryl methyl sites for hydroxylation is 1. The highest BCUT2D eigenvalue weighted by Gasteiger charge is 2.08. The summed E-state index contributed by atoms with van der Waals surface area (Å²) in [7, 11) is 1.36. The Morgan fingerprint density at radius 3 is 2.37 bits per heavy atom. The summed E-state index contributed by atoms with van der Waals surface area (Å²) in [5.41, 5.74) is 1.53. The average molecular weight is 321 g/mol. The first kappa shape index (κ1) is 13.6. The Hall–Kier alpha value is -1.81. The molecule has 0 saturated heterocycles. The molecule has 0 aliphatic carbocycles. The Balaban J connectivity index is 2.22. The molecule has 0 heterocycles. The van der Waals surface area contributed by atoms with Crippen LogP contribution in [0.15, 0.2) is 46.9 Å². The van der Waals surface area contributed by atoms with Crippen molar-refractivity contribution in [1.82, 2.24) is 0 Å². The number of benzene rings is 2. The van der Waals surface area contributed by atoms with Gasteiger partial charge in [-0.2, -0.15) is 0 Å². The summed E-state index contributed by atoms with van der Waals surface area (Å²) in [6.45, 7) is 1.98. The maximum atomic E-state index is 11.3. The van der Waals surface area contributed by atoms with E-state index in [1.165, 1.54) is 7.11 Å². The van der Waals surface area contributed by atoms with Crippen molar-refractivity contribution in [3.63, 3.8) is 0 Å². The fourth-order valence-electron chi connectivity index (χ4n) is 1.64. The molecular weight excluding hydrogens is 308 g/mol. The molecule has 0 atom stereocenters. The Kier molecular flexibility index (Phi) is 4.22. The summed E-state index contributed by atoms with van der Waals surface area (Å²) >= 11 is 3.45. The van der Waals surface area contributed by atoms with E-state index in [-0.39, 0.29) is 5.97 Å². The number of esters is 1. The minimum absolute atomic E-state index is 0.358. The van der Waals surface area contributed by atoms with Crippen molar-refractivity contribution >= 4 is 21.9 Å². The molecule has 0 N–H and O–H groups in total. The SMILES string of the molecule is COC(=O)c1ccc(Oc2c(C)cccc2Br)cc1. The number of ether oxygens (including phenoxy) is 2. The number of carbonyl (C=O) groups excluding carboxylic acids is 1. The summed E-state index contributed by atoms with van der Waals surface area (Å²) in [6, 6.07) is 12.7. The van der Waals surface area contributed by atoms with E-state index in [9.17, 15) is 4.79 Å². The molecule has 0 bridgehead atoms. The second-order valence-electron chi connectivity index (χ2n) is 4.00. The van der Waals surface area contributed by atoms with Crippen molar-refractivity contribution < 1.29 is 14.3 Å². The minimum atomic E-state index is -0.358. The Morgan fingerprint density at radius 2 is 1.79 bits per heavy atom. The van der Waals surface area contributed by atoms with Gasteiger partial charge in [0.25, 0.3) is 0 Å². The Bertz CT molecular complexity index is 571. The van der Waals surface area contributed by atoms with Gasteiger partial charge in [-0.25, -0.2) is 4.79 Å². The molecule has 4 heteroatoms. The van der Waals surface area contributed by atoms with Crippen LogP contribution in [0.4, 0.5) is 0 Å². The Labute approximate surface area is 120 Å². The second-order valence-corrected chi connectivity index (χ2v) is 4.86. The molecule has 0 unspecified atom stereocenters. The number of hydrogen-bond acceptors (Lipinski definition) is 3. The van der Waals surface area contributed by atoms with Crippen molar-refractivity contribution in [3.8, 4) is 11.5 Å². The van der Waals surface area contributed by atoms with E-state index < -0.39 is 0 Å². The number of para-hydroxylation sites is 1. The van der Waals surface area contributed by atoms with Crippen LogP contribution >= 0.6 is 15.9 Å². The zero-order valence-corrected chi connectivity index (χ0v) is 12.2. The lowest BCUT2D eigenvalue weighted by Crippen LogP contribution is -2.00. The second kappa shape index (κ2) is 5.89. The monoisotopic (exact) mass is 320 g/mol. The van der Waals surface area contributed by atoms with Crippen LogP contribution in [-0.2, 0) is 4.74 Å². The lowest BCUT2D eigenvalue weighted by Gasteiger charge is -2.10. The fraction of sp³-hybridized carbons (Fsp3) is 0.133. The summed E-state index contributed by atoms with van der Waals surface area (Å²) in [5.74, 6) is 1.08. The van der Waals surface area contributed by atoms with Crippen LogP contribution in [0.2, 0.25) is 0 Å². The highest BCUT2D eigenvalue weighted by molar-refractivity contribution is 9.10. The molecule has 98 valence electrons. The summed E-state index contributed by atoms with van der Waals surface area (Å²) in [6.07, 6.45) is 0. The largest absolute Gasteiger partial charge is 0.465 e. The van der Waals surface area contributed by atoms with E-state index in [1.54, 1.807) is 24.3 Å². The van der Waals surface area contributed by atoms with E-state index in [2.05, 4.69) is 20.7 Å². The maximum absolute atomic E-state index is 11.3. The summed E-state index contributed by atoms with van der Waals surface area (Å²) in [5, 5.41) is 0. The van der Waals surface area contributed by atoms with Gasteiger partial charge in [0, 0.05) is 0 Å². The lowest BCUT2D eigenvalue weighted by atomic mass is 10.2. The van der Waals surface area contributed by atoms with Gasteiger partial charge >= 0.3 is 5.97 Å². The molecule has 2 aromatic rings. The van der Waals surface area contributed by atoms with Gasteiger partial charge in [0.05, 0.1) is 17.1 Å². The molecule has 0 saturated carbocycles. The fourth-order valence-corrected chi connectivity index (χ4v) is 2.19. The zero-order chi connectivity index (χ0) is 13.8. The molecule has 3 nitrogen and oxygen atoms in total. The molecule has 0 aliphatic heterocycles. The molecule has 0 fully saturated rings. The number of rotatable bonds is 3. The van der Waals surface area contributed by atoms with Crippen molar-refractivity contribution in [1.29, 1.82) is 0 Å². The normalized spacial score (nSPS) is 10.1. The van der Waals surface area contributed by atoms with E-state index >= 15 is 0 Å². The van der Waals surface area contributed by atoms with E-state index in [1.807, 2.05) is 25.1 Å². The molecule has 0 amide bonds. The summed E-state index contributed by atoms with van der Waals surface area (Å²) < 4.78 is 11.3. The minimum Gasteiger partial charge on any atom is -0.465 e. The average Bonchev–Trinajstić information content (AvgIpc) is 2.43. The van der Waals surface area contributed by atoms with Crippen molar-refractivity contribution in [2.75, 3.05) is 7.11 Å². The third-order valence-corrected chi connectivity index (χ3v) is 3.28. The van der Waals surface area contributed by atoms with Gasteiger partial charge in [0.15, 0.2) is 0 Å².